The van der Waals surface area contributed by atoms with Crippen LogP contribution in [0.1, 0.15) is 25.3 Å². The maximum atomic E-state index is 13.1. The van der Waals surface area contributed by atoms with E-state index in [0.29, 0.717) is 19.0 Å². The van der Waals surface area contributed by atoms with E-state index in [1.54, 1.807) is 0 Å². The number of aromatic nitrogens is 3. The zero-order chi connectivity index (χ0) is 17.2. The number of methoxy groups -OCH3 is 1. The monoisotopic (exact) mass is 331 g/mol. The number of fused-ring (bicyclic) bond motifs is 1. The van der Waals surface area contributed by atoms with Gasteiger partial charge >= 0.3 is 12.1 Å². The Morgan fingerprint density at radius 3 is 2.61 bits per heavy atom. The summed E-state index contributed by atoms with van der Waals surface area (Å²) in [7, 11) is 1.20. The highest BCUT2D eigenvalue weighted by atomic mass is 19.4. The van der Waals surface area contributed by atoms with Crippen molar-refractivity contribution in [3.8, 4) is 0 Å². The van der Waals surface area contributed by atoms with Crippen LogP contribution in [0.4, 0.5) is 13.2 Å². The highest BCUT2D eigenvalue weighted by Crippen LogP contribution is 2.33. The van der Waals surface area contributed by atoms with E-state index in [2.05, 4.69) is 9.84 Å². The topological polar surface area (TPSA) is 66.1 Å². The average Bonchev–Trinajstić information content (AvgIpc) is 2.87. The number of carbonyl (C=O) groups excluding carboxylic acids is 1. The van der Waals surface area contributed by atoms with Gasteiger partial charge in [0.25, 0.3) is 5.56 Å². The molecule has 6 nitrogen and oxygen atoms in total. The van der Waals surface area contributed by atoms with Gasteiger partial charge < -0.3 is 4.74 Å². The van der Waals surface area contributed by atoms with Gasteiger partial charge in [0.1, 0.15) is 0 Å². The summed E-state index contributed by atoms with van der Waals surface area (Å²) in [6.45, 7) is 2.20. The van der Waals surface area contributed by atoms with Gasteiger partial charge in [0.2, 0.25) is 0 Å². The molecule has 0 fully saturated rings. The lowest BCUT2D eigenvalue weighted by Gasteiger charge is -2.11. The number of halogens is 3. The molecule has 23 heavy (non-hydrogen) atoms. The molecule has 126 valence electrons. The molecule has 2 rings (SSSR count). The molecule has 0 aliphatic carbocycles. The Hall–Kier alpha value is -2.32. The lowest BCUT2D eigenvalue weighted by atomic mass is 10.2. The maximum absolute atomic E-state index is 13.1. The first-order chi connectivity index (χ1) is 10.8. The fourth-order valence-corrected chi connectivity index (χ4v) is 2.28. The number of hydrogen-bond acceptors (Lipinski definition) is 4. The van der Waals surface area contributed by atoms with E-state index in [1.165, 1.54) is 18.0 Å². The van der Waals surface area contributed by atoms with Crippen LogP contribution in [0.25, 0.3) is 11.0 Å². The normalized spacial score (nSPS) is 11.9. The summed E-state index contributed by atoms with van der Waals surface area (Å²) in [6.07, 6.45) is -2.83. The summed E-state index contributed by atoms with van der Waals surface area (Å²) < 4.78 is 46.3. The van der Waals surface area contributed by atoms with Crippen molar-refractivity contribution in [2.75, 3.05) is 7.11 Å². The van der Waals surface area contributed by atoms with E-state index in [0.717, 1.165) is 4.57 Å². The van der Waals surface area contributed by atoms with Gasteiger partial charge in [0.05, 0.1) is 19.1 Å². The molecule has 0 bridgehead atoms. The second-order valence-corrected chi connectivity index (χ2v) is 5.00. The van der Waals surface area contributed by atoms with Crippen molar-refractivity contribution in [2.45, 2.75) is 39.0 Å². The fraction of sp³-hybridized carbons (Fsp3) is 0.500. The zero-order valence-electron chi connectivity index (χ0n) is 12.7. The number of pyridine rings is 1. The van der Waals surface area contributed by atoms with Gasteiger partial charge in [-0.1, -0.05) is 6.92 Å². The van der Waals surface area contributed by atoms with Crippen LogP contribution in [-0.2, 0) is 28.8 Å². The van der Waals surface area contributed by atoms with Crippen LogP contribution in [0.5, 0.6) is 0 Å². The molecular formula is C14H16F3N3O3. The first kappa shape index (κ1) is 17.0. The van der Waals surface area contributed by atoms with Gasteiger partial charge in [0, 0.05) is 30.7 Å². The molecule has 0 saturated carbocycles. The maximum Gasteiger partial charge on any atom is 0.417 e. The van der Waals surface area contributed by atoms with Gasteiger partial charge in [-0.15, -0.1) is 0 Å². The Kier molecular flexibility index (Phi) is 4.76. The first-order valence-electron chi connectivity index (χ1n) is 7.03. The molecule has 0 saturated heterocycles. The summed E-state index contributed by atoms with van der Waals surface area (Å²) >= 11 is 0. The Balaban J connectivity index is 2.61. The minimum absolute atomic E-state index is 0.0813. The quantitative estimate of drug-likeness (QED) is 0.788. The van der Waals surface area contributed by atoms with E-state index >= 15 is 0 Å². The number of rotatable bonds is 5. The molecule has 0 amide bonds. The molecule has 2 aromatic rings. The molecule has 0 aliphatic rings. The van der Waals surface area contributed by atoms with Crippen LogP contribution in [0.2, 0.25) is 0 Å². The molecule has 0 aliphatic heterocycles. The molecule has 0 spiro atoms. The predicted octanol–water partition coefficient (Wildman–Crippen LogP) is 2.19. The number of nitrogens with zero attached hydrogens (tertiary/aromatic N) is 3. The third-order valence-corrected chi connectivity index (χ3v) is 3.35. The highest BCUT2D eigenvalue weighted by Gasteiger charge is 2.35. The standard InChI is InChI=1S/C14H16F3N3O3/c1-3-5-19-8-9-10(14(15,16)17)7-11(21)20(13(9)18-19)6-4-12(22)23-2/h7-8H,3-6H2,1-2H3. The molecule has 2 heterocycles. The Labute approximate surface area is 129 Å². The molecule has 9 heteroatoms. The number of ether oxygens (including phenoxy) is 1. The van der Waals surface area contributed by atoms with Crippen LogP contribution in [0, 0.1) is 0 Å². The van der Waals surface area contributed by atoms with Gasteiger partial charge in [-0.2, -0.15) is 18.3 Å². The van der Waals surface area contributed by atoms with E-state index in [1.807, 2.05) is 6.92 Å². The Morgan fingerprint density at radius 1 is 1.35 bits per heavy atom. The van der Waals surface area contributed by atoms with Gasteiger partial charge in [-0.3, -0.25) is 18.8 Å². The number of carbonyl (C=O) groups is 1. The van der Waals surface area contributed by atoms with Crippen LogP contribution < -0.4 is 5.56 Å². The number of esters is 1. The lowest BCUT2D eigenvalue weighted by Crippen LogP contribution is -2.24. The summed E-state index contributed by atoms with van der Waals surface area (Å²) in [5.41, 5.74) is -1.95. The fourth-order valence-electron chi connectivity index (χ4n) is 2.28. The summed E-state index contributed by atoms with van der Waals surface area (Å²) in [6, 6.07) is 0.539. The van der Waals surface area contributed by atoms with Crippen LogP contribution >= 0.6 is 0 Å². The summed E-state index contributed by atoms with van der Waals surface area (Å²) in [5, 5.41) is 3.91. The number of hydrogen-bond donors (Lipinski definition) is 0. The van der Waals surface area contributed by atoms with Crippen molar-refractivity contribution in [3.63, 3.8) is 0 Å². The van der Waals surface area contributed by atoms with E-state index in [4.69, 9.17) is 0 Å². The van der Waals surface area contributed by atoms with Crippen LogP contribution in [0.15, 0.2) is 17.1 Å². The largest absolute Gasteiger partial charge is 0.469 e. The molecule has 0 N–H and O–H groups in total. The van der Waals surface area contributed by atoms with Crippen molar-refractivity contribution in [1.29, 1.82) is 0 Å². The zero-order valence-corrected chi connectivity index (χ0v) is 12.7. The number of alkyl halides is 3. The molecule has 0 radical (unpaired) electrons. The third-order valence-electron chi connectivity index (χ3n) is 3.35. The van der Waals surface area contributed by atoms with Gasteiger partial charge in [-0.25, -0.2) is 0 Å². The van der Waals surface area contributed by atoms with Crippen LogP contribution in [-0.4, -0.2) is 27.4 Å². The average molecular weight is 331 g/mol. The lowest BCUT2D eigenvalue weighted by molar-refractivity contribution is -0.141. The minimum atomic E-state index is -4.65. The third kappa shape index (κ3) is 3.54. The smallest absolute Gasteiger partial charge is 0.417 e. The van der Waals surface area contributed by atoms with Crippen LogP contribution in [0.3, 0.4) is 0 Å². The van der Waals surface area contributed by atoms with E-state index in [9.17, 15) is 22.8 Å². The SMILES string of the molecule is CCCn1cc2c(C(F)(F)F)cc(=O)n(CCC(=O)OC)c2n1. The number of aryl methyl sites for hydroxylation is 2. The Bertz CT molecular complexity index is 777. The first-order valence-corrected chi connectivity index (χ1v) is 7.03. The Morgan fingerprint density at radius 2 is 2.04 bits per heavy atom. The second-order valence-electron chi connectivity index (χ2n) is 5.00. The second kappa shape index (κ2) is 6.43. The van der Waals surface area contributed by atoms with Crippen molar-refractivity contribution < 1.29 is 22.7 Å². The van der Waals surface area contributed by atoms with Gasteiger partial charge in [-0.05, 0) is 6.42 Å². The van der Waals surface area contributed by atoms with Crippen molar-refractivity contribution >= 4 is 17.0 Å². The van der Waals surface area contributed by atoms with Gasteiger partial charge in [0.15, 0.2) is 5.65 Å². The predicted molar refractivity (Wildman–Crippen MR) is 75.9 cm³/mol. The molecule has 0 unspecified atom stereocenters. The molecule has 2 aromatic heterocycles. The molecule has 0 aromatic carbocycles. The summed E-state index contributed by atoms with van der Waals surface area (Å²) in [4.78, 5) is 23.3. The van der Waals surface area contributed by atoms with Crippen molar-refractivity contribution in [1.82, 2.24) is 14.3 Å². The van der Waals surface area contributed by atoms with Crippen molar-refractivity contribution in [2.24, 2.45) is 0 Å². The molecular weight excluding hydrogens is 315 g/mol. The van der Waals surface area contributed by atoms with E-state index in [-0.39, 0.29) is 24.0 Å². The van der Waals surface area contributed by atoms with E-state index < -0.39 is 23.3 Å². The highest BCUT2D eigenvalue weighted by molar-refractivity contribution is 5.79. The van der Waals surface area contributed by atoms with Crippen molar-refractivity contribution in [3.05, 3.63) is 28.2 Å². The molecule has 0 atom stereocenters. The minimum Gasteiger partial charge on any atom is -0.469 e. The summed E-state index contributed by atoms with van der Waals surface area (Å²) in [5.74, 6) is -0.557.